The highest BCUT2D eigenvalue weighted by Crippen LogP contribution is 2.29. The molecular formula is C21H31N7O. The molecule has 1 aromatic carbocycles. The van der Waals surface area contributed by atoms with E-state index in [1.807, 2.05) is 31.2 Å². The largest absolute Gasteiger partial charge is 0.399 e. The predicted octanol–water partition coefficient (Wildman–Crippen LogP) is 3.46. The number of aromatic nitrogens is 4. The molecule has 0 bridgehead atoms. The Kier molecular flexibility index (Phi) is 6.22. The van der Waals surface area contributed by atoms with Crippen LogP contribution in [0, 0.1) is 0 Å². The van der Waals surface area contributed by atoms with Gasteiger partial charge in [-0.2, -0.15) is 10.1 Å². The molecule has 0 saturated carbocycles. The lowest BCUT2D eigenvalue weighted by Crippen LogP contribution is -2.30. The van der Waals surface area contributed by atoms with Crippen LogP contribution < -0.4 is 16.7 Å². The van der Waals surface area contributed by atoms with Crippen molar-refractivity contribution in [3.8, 4) is 0 Å². The number of aromatic amines is 1. The molecule has 0 aliphatic carbocycles. The standard InChI is InChI=1S/C21H31N7O/c1-6-15(11-29)24-21-25-20(23-16-9-7-8-14(22)10-16)18-19(28(21)13(4)5)17(12(2)3)26-27-18/h7-10,12-13,15,29H,6,11,22H2,1-5H3,(H,26,27)(H,23,24,25). The Morgan fingerprint density at radius 2 is 2.03 bits per heavy atom. The minimum Gasteiger partial charge on any atom is -0.399 e. The molecule has 3 aromatic rings. The van der Waals surface area contributed by atoms with Gasteiger partial charge in [0.15, 0.2) is 11.3 Å². The van der Waals surface area contributed by atoms with E-state index in [0.29, 0.717) is 17.1 Å². The third-order valence-electron chi connectivity index (χ3n) is 4.88. The molecule has 1 unspecified atom stereocenters. The van der Waals surface area contributed by atoms with Crippen molar-refractivity contribution in [3.05, 3.63) is 35.6 Å². The van der Waals surface area contributed by atoms with Gasteiger partial charge in [0, 0.05) is 17.4 Å². The zero-order chi connectivity index (χ0) is 21.1. The van der Waals surface area contributed by atoms with E-state index in [0.717, 1.165) is 28.8 Å². The third kappa shape index (κ3) is 4.27. The summed E-state index contributed by atoms with van der Waals surface area (Å²) in [6, 6.07) is 7.43. The lowest BCUT2D eigenvalue weighted by atomic mass is 10.1. The highest BCUT2D eigenvalue weighted by atomic mass is 16.3. The van der Waals surface area contributed by atoms with Gasteiger partial charge in [0.05, 0.1) is 23.9 Å². The first kappa shape index (κ1) is 20.9. The molecular weight excluding hydrogens is 366 g/mol. The average molecular weight is 398 g/mol. The summed E-state index contributed by atoms with van der Waals surface area (Å²) < 4.78 is 2.09. The van der Waals surface area contributed by atoms with Crippen molar-refractivity contribution >= 4 is 28.2 Å². The van der Waals surface area contributed by atoms with Crippen molar-refractivity contribution in [2.75, 3.05) is 17.7 Å². The summed E-state index contributed by atoms with van der Waals surface area (Å²) in [7, 11) is 0. The Bertz CT molecular complexity index is 1040. The number of hydrogen-bond acceptors (Lipinski definition) is 6. The Morgan fingerprint density at radius 1 is 1.28 bits per heavy atom. The van der Waals surface area contributed by atoms with E-state index < -0.39 is 0 Å². The van der Waals surface area contributed by atoms with Crippen LogP contribution in [0.5, 0.6) is 0 Å². The number of nitrogens with zero attached hydrogens (tertiary/aromatic N) is 4. The summed E-state index contributed by atoms with van der Waals surface area (Å²) in [6.45, 7) is 10.4. The van der Waals surface area contributed by atoms with Gasteiger partial charge < -0.3 is 20.7 Å². The highest BCUT2D eigenvalue weighted by Gasteiger charge is 2.20. The second-order valence-corrected chi connectivity index (χ2v) is 7.84. The number of benzene rings is 1. The minimum absolute atomic E-state index is 0.0191. The number of hydrogen-bond donors (Lipinski definition) is 4. The number of fused-ring (bicyclic) bond motifs is 1. The molecule has 0 spiro atoms. The lowest BCUT2D eigenvalue weighted by molar-refractivity contribution is 0.260. The predicted molar refractivity (Wildman–Crippen MR) is 117 cm³/mol. The van der Waals surface area contributed by atoms with Gasteiger partial charge in [0.2, 0.25) is 5.62 Å². The first-order valence-corrected chi connectivity index (χ1v) is 10.1. The van der Waals surface area contributed by atoms with Crippen LogP contribution in [-0.2, 0) is 0 Å². The summed E-state index contributed by atoms with van der Waals surface area (Å²) in [5, 5.41) is 20.8. The van der Waals surface area contributed by atoms with Crippen LogP contribution in [0.15, 0.2) is 29.3 Å². The summed E-state index contributed by atoms with van der Waals surface area (Å²) >= 11 is 0. The summed E-state index contributed by atoms with van der Waals surface area (Å²) in [5.41, 5.74) is 10.8. The van der Waals surface area contributed by atoms with Gasteiger partial charge in [-0.1, -0.05) is 26.8 Å². The van der Waals surface area contributed by atoms with Crippen LogP contribution in [-0.4, -0.2) is 37.5 Å². The number of nitrogens with one attached hydrogen (secondary N) is 2. The first-order chi connectivity index (χ1) is 13.8. The van der Waals surface area contributed by atoms with E-state index in [9.17, 15) is 5.11 Å². The Labute approximate surface area is 170 Å². The number of anilines is 3. The Balaban J connectivity index is 2.32. The maximum atomic E-state index is 9.69. The molecule has 29 heavy (non-hydrogen) atoms. The third-order valence-corrected chi connectivity index (χ3v) is 4.88. The van der Waals surface area contributed by atoms with E-state index in [2.05, 4.69) is 47.8 Å². The van der Waals surface area contributed by atoms with Gasteiger partial charge in [-0.3, -0.25) is 5.10 Å². The Morgan fingerprint density at radius 3 is 2.62 bits per heavy atom. The smallest absolute Gasteiger partial charge is 0.228 e. The van der Waals surface area contributed by atoms with Gasteiger partial charge in [0.1, 0.15) is 0 Å². The molecule has 0 amide bonds. The molecule has 156 valence electrons. The van der Waals surface area contributed by atoms with E-state index >= 15 is 0 Å². The zero-order valence-corrected chi connectivity index (χ0v) is 17.8. The van der Waals surface area contributed by atoms with Gasteiger partial charge in [-0.25, -0.2) is 4.99 Å². The van der Waals surface area contributed by atoms with Crippen LogP contribution in [0.2, 0.25) is 0 Å². The number of aliphatic hydroxyl groups is 1. The number of nitrogens with two attached hydrogens (primary N) is 1. The molecule has 0 aliphatic heterocycles. The van der Waals surface area contributed by atoms with Crippen molar-refractivity contribution in [1.82, 2.24) is 19.7 Å². The highest BCUT2D eigenvalue weighted by molar-refractivity contribution is 5.89. The summed E-state index contributed by atoms with van der Waals surface area (Å²) in [4.78, 5) is 9.57. The fraction of sp³-hybridized carbons (Fsp3) is 0.476. The van der Waals surface area contributed by atoms with Crippen LogP contribution in [0.25, 0.3) is 11.0 Å². The molecule has 2 aromatic heterocycles. The molecule has 8 nitrogen and oxygen atoms in total. The second kappa shape index (κ2) is 8.65. The van der Waals surface area contributed by atoms with Crippen LogP contribution >= 0.6 is 0 Å². The monoisotopic (exact) mass is 397 g/mol. The molecule has 8 heteroatoms. The molecule has 2 heterocycles. The molecule has 5 N–H and O–H groups in total. The van der Waals surface area contributed by atoms with Crippen LogP contribution in [0.4, 0.5) is 17.2 Å². The van der Waals surface area contributed by atoms with E-state index in [-0.39, 0.29) is 24.6 Å². The van der Waals surface area contributed by atoms with Crippen molar-refractivity contribution in [2.24, 2.45) is 4.99 Å². The van der Waals surface area contributed by atoms with E-state index in [4.69, 9.17) is 15.7 Å². The fourth-order valence-electron chi connectivity index (χ4n) is 3.31. The number of H-pyrrole nitrogens is 1. The van der Waals surface area contributed by atoms with Gasteiger partial charge in [-0.15, -0.1) is 0 Å². The van der Waals surface area contributed by atoms with Gasteiger partial charge in [0.25, 0.3) is 0 Å². The van der Waals surface area contributed by atoms with Crippen molar-refractivity contribution in [3.63, 3.8) is 0 Å². The molecule has 0 aliphatic rings. The maximum absolute atomic E-state index is 9.69. The first-order valence-electron chi connectivity index (χ1n) is 10.1. The second-order valence-electron chi connectivity index (χ2n) is 7.84. The topological polar surface area (TPSA) is 117 Å². The minimum atomic E-state index is -0.209. The van der Waals surface area contributed by atoms with Gasteiger partial charge >= 0.3 is 0 Å². The molecule has 1 atom stereocenters. The van der Waals surface area contributed by atoms with Crippen LogP contribution in [0.3, 0.4) is 0 Å². The van der Waals surface area contributed by atoms with Crippen molar-refractivity contribution < 1.29 is 5.11 Å². The number of nitrogen functional groups attached to an aromatic ring is 1. The van der Waals surface area contributed by atoms with Crippen molar-refractivity contribution in [1.29, 1.82) is 0 Å². The SMILES string of the molecule is CCC(CO)N=c1nc(Nc2cccc(N)c2)c2n[nH]c(C(C)C)c2n1C(C)C. The van der Waals surface area contributed by atoms with E-state index in [1.54, 1.807) is 0 Å². The normalized spacial score (nSPS) is 13.6. The fourth-order valence-corrected chi connectivity index (χ4v) is 3.31. The summed E-state index contributed by atoms with van der Waals surface area (Å²) in [5.74, 6) is 0.859. The zero-order valence-electron chi connectivity index (χ0n) is 17.8. The average Bonchev–Trinajstić information content (AvgIpc) is 3.11. The molecule has 0 radical (unpaired) electrons. The molecule has 3 rings (SSSR count). The Hall–Kier alpha value is -2.87. The van der Waals surface area contributed by atoms with E-state index in [1.165, 1.54) is 0 Å². The molecule has 0 fully saturated rings. The lowest BCUT2D eigenvalue weighted by Gasteiger charge is -2.18. The van der Waals surface area contributed by atoms with Crippen molar-refractivity contribution in [2.45, 2.75) is 59.0 Å². The summed E-state index contributed by atoms with van der Waals surface area (Å²) in [6.07, 6.45) is 0.731. The maximum Gasteiger partial charge on any atom is 0.228 e. The van der Waals surface area contributed by atoms with Crippen LogP contribution in [0.1, 0.15) is 58.7 Å². The van der Waals surface area contributed by atoms with Gasteiger partial charge in [-0.05, 0) is 44.4 Å². The quantitative estimate of drug-likeness (QED) is 0.456. The number of aliphatic hydroxyl groups excluding tert-OH is 1. The number of rotatable bonds is 7. The molecule has 0 saturated heterocycles.